The predicted octanol–water partition coefficient (Wildman–Crippen LogP) is 2.24. The van der Waals surface area contributed by atoms with Crippen LogP contribution in [-0.2, 0) is 20.8 Å². The largest absolute Gasteiger partial charge is 0.480 e. The summed E-state index contributed by atoms with van der Waals surface area (Å²) in [6.07, 6.45) is 4.16. The van der Waals surface area contributed by atoms with Gasteiger partial charge in [-0.3, -0.25) is 14.4 Å². The fourth-order valence-corrected chi connectivity index (χ4v) is 4.34. The lowest BCUT2D eigenvalue weighted by molar-refractivity contribution is -0.150. The summed E-state index contributed by atoms with van der Waals surface area (Å²) in [5.74, 6) is -0.855. The Balaban J connectivity index is 1.52. The zero-order chi connectivity index (χ0) is 19.4. The molecule has 1 spiro atoms. The average molecular weight is 372 g/mol. The normalized spacial score (nSPS) is 19.4. The van der Waals surface area contributed by atoms with Crippen LogP contribution in [0.3, 0.4) is 0 Å². The van der Waals surface area contributed by atoms with Gasteiger partial charge >= 0.3 is 5.97 Å². The maximum atomic E-state index is 12.6. The molecule has 1 aromatic rings. The van der Waals surface area contributed by atoms with Gasteiger partial charge in [-0.2, -0.15) is 0 Å². The number of benzene rings is 1. The maximum absolute atomic E-state index is 12.6. The molecule has 3 rings (SSSR count). The van der Waals surface area contributed by atoms with E-state index in [-0.39, 0.29) is 23.8 Å². The van der Waals surface area contributed by atoms with E-state index in [1.54, 1.807) is 0 Å². The number of carbonyl (C=O) groups is 3. The van der Waals surface area contributed by atoms with Crippen LogP contribution in [-0.4, -0.2) is 58.9 Å². The number of hydrogen-bond donors (Lipinski definition) is 1. The SMILES string of the molecule is Cc1ccccc1CCC(=O)N1CCC2(CCC(=O)N(CC(=O)O)C2)CC1. The van der Waals surface area contributed by atoms with Crippen molar-refractivity contribution in [3.05, 3.63) is 35.4 Å². The molecule has 0 bridgehead atoms. The first kappa shape index (κ1) is 19.4. The van der Waals surface area contributed by atoms with Crippen LogP contribution >= 0.6 is 0 Å². The summed E-state index contributed by atoms with van der Waals surface area (Å²) >= 11 is 0. The number of carbonyl (C=O) groups excluding carboxylic acids is 2. The summed E-state index contributed by atoms with van der Waals surface area (Å²) in [6.45, 7) is 3.74. The minimum Gasteiger partial charge on any atom is -0.480 e. The quantitative estimate of drug-likeness (QED) is 0.860. The van der Waals surface area contributed by atoms with Crippen LogP contribution in [0, 0.1) is 12.3 Å². The number of carboxylic acids is 1. The molecule has 2 saturated heterocycles. The molecular weight excluding hydrogens is 344 g/mol. The summed E-state index contributed by atoms with van der Waals surface area (Å²) in [5.41, 5.74) is 2.40. The molecule has 2 fully saturated rings. The van der Waals surface area contributed by atoms with Crippen LogP contribution in [0.1, 0.15) is 43.2 Å². The van der Waals surface area contributed by atoms with Gasteiger partial charge in [0.25, 0.3) is 0 Å². The minimum atomic E-state index is -0.968. The molecule has 2 aliphatic heterocycles. The highest BCUT2D eigenvalue weighted by molar-refractivity contribution is 5.82. The molecule has 27 heavy (non-hydrogen) atoms. The Morgan fingerprint density at radius 2 is 1.85 bits per heavy atom. The number of hydrogen-bond acceptors (Lipinski definition) is 3. The minimum absolute atomic E-state index is 0.0316. The van der Waals surface area contributed by atoms with Crippen molar-refractivity contribution in [2.24, 2.45) is 5.41 Å². The van der Waals surface area contributed by atoms with Gasteiger partial charge < -0.3 is 14.9 Å². The molecule has 1 aromatic carbocycles. The van der Waals surface area contributed by atoms with E-state index in [4.69, 9.17) is 5.11 Å². The van der Waals surface area contributed by atoms with E-state index < -0.39 is 5.97 Å². The Morgan fingerprint density at radius 3 is 2.52 bits per heavy atom. The summed E-state index contributed by atoms with van der Waals surface area (Å²) in [7, 11) is 0. The van der Waals surface area contributed by atoms with Crippen molar-refractivity contribution in [1.82, 2.24) is 9.80 Å². The van der Waals surface area contributed by atoms with Crippen molar-refractivity contribution in [2.75, 3.05) is 26.2 Å². The number of likely N-dealkylation sites (tertiary alicyclic amines) is 2. The standard InChI is InChI=1S/C21H28N2O4/c1-16-4-2-3-5-17(16)6-7-18(24)22-12-10-21(11-13-22)9-8-19(25)23(15-21)14-20(26)27/h2-5H,6-15H2,1H3,(H,26,27). The third-order valence-electron chi connectivity index (χ3n) is 6.12. The van der Waals surface area contributed by atoms with Crippen LogP contribution < -0.4 is 0 Å². The number of aryl methyl sites for hydroxylation is 2. The first-order valence-electron chi connectivity index (χ1n) is 9.70. The molecule has 0 aliphatic carbocycles. The van der Waals surface area contributed by atoms with E-state index in [2.05, 4.69) is 19.1 Å². The highest BCUT2D eigenvalue weighted by Gasteiger charge is 2.42. The second kappa shape index (κ2) is 8.11. The highest BCUT2D eigenvalue weighted by Crippen LogP contribution is 2.40. The molecule has 6 nitrogen and oxygen atoms in total. The lowest BCUT2D eigenvalue weighted by atomic mass is 9.72. The fraction of sp³-hybridized carbons (Fsp3) is 0.571. The third-order valence-corrected chi connectivity index (χ3v) is 6.12. The molecule has 2 heterocycles. The van der Waals surface area contributed by atoms with Gasteiger partial charge in [-0.25, -0.2) is 0 Å². The lowest BCUT2D eigenvalue weighted by Gasteiger charge is -2.47. The van der Waals surface area contributed by atoms with Crippen LogP contribution in [0.15, 0.2) is 24.3 Å². The van der Waals surface area contributed by atoms with Gasteiger partial charge in [-0.1, -0.05) is 24.3 Å². The van der Waals surface area contributed by atoms with Gasteiger partial charge in [-0.05, 0) is 49.1 Å². The Labute approximate surface area is 160 Å². The van der Waals surface area contributed by atoms with Crippen molar-refractivity contribution in [3.8, 4) is 0 Å². The van der Waals surface area contributed by atoms with Crippen molar-refractivity contribution < 1.29 is 19.5 Å². The molecule has 146 valence electrons. The van der Waals surface area contributed by atoms with E-state index in [0.717, 1.165) is 25.7 Å². The number of piperidine rings is 2. The fourth-order valence-electron chi connectivity index (χ4n) is 4.34. The molecule has 2 amide bonds. The van der Waals surface area contributed by atoms with E-state index in [0.29, 0.717) is 32.5 Å². The summed E-state index contributed by atoms with van der Waals surface area (Å²) < 4.78 is 0. The Morgan fingerprint density at radius 1 is 1.15 bits per heavy atom. The number of rotatable bonds is 5. The van der Waals surface area contributed by atoms with Crippen LogP contribution in [0.25, 0.3) is 0 Å². The molecule has 0 atom stereocenters. The van der Waals surface area contributed by atoms with Crippen LogP contribution in [0.4, 0.5) is 0 Å². The van der Waals surface area contributed by atoms with E-state index in [9.17, 15) is 14.4 Å². The number of aliphatic carboxylic acids is 1. The molecule has 2 aliphatic rings. The summed E-state index contributed by atoms with van der Waals surface area (Å²) in [5, 5.41) is 9.01. The van der Waals surface area contributed by atoms with E-state index >= 15 is 0 Å². The topological polar surface area (TPSA) is 77.9 Å². The molecule has 1 N–H and O–H groups in total. The monoisotopic (exact) mass is 372 g/mol. The van der Waals surface area contributed by atoms with Gasteiger partial charge in [0, 0.05) is 32.5 Å². The van der Waals surface area contributed by atoms with Crippen molar-refractivity contribution >= 4 is 17.8 Å². The molecule has 0 saturated carbocycles. The van der Waals surface area contributed by atoms with Gasteiger partial charge in [0.2, 0.25) is 11.8 Å². The van der Waals surface area contributed by atoms with Crippen LogP contribution in [0.5, 0.6) is 0 Å². The average Bonchev–Trinajstić information content (AvgIpc) is 2.64. The number of carboxylic acid groups (broad SMARTS) is 1. The lowest BCUT2D eigenvalue weighted by Crippen LogP contribution is -2.53. The Kier molecular flexibility index (Phi) is 5.82. The molecular formula is C21H28N2O4. The van der Waals surface area contributed by atoms with Crippen LogP contribution in [0.2, 0.25) is 0 Å². The Hall–Kier alpha value is -2.37. The molecule has 0 unspecified atom stereocenters. The van der Waals surface area contributed by atoms with E-state index in [1.165, 1.54) is 16.0 Å². The van der Waals surface area contributed by atoms with E-state index in [1.807, 2.05) is 17.0 Å². The zero-order valence-electron chi connectivity index (χ0n) is 15.9. The maximum Gasteiger partial charge on any atom is 0.323 e. The number of amides is 2. The predicted molar refractivity (Wildman–Crippen MR) is 101 cm³/mol. The molecule has 0 radical (unpaired) electrons. The first-order valence-corrected chi connectivity index (χ1v) is 9.70. The second-order valence-electron chi connectivity index (χ2n) is 7.95. The highest BCUT2D eigenvalue weighted by atomic mass is 16.4. The molecule has 0 aromatic heterocycles. The summed E-state index contributed by atoms with van der Waals surface area (Å²) in [6, 6.07) is 8.15. The summed E-state index contributed by atoms with van der Waals surface area (Å²) in [4.78, 5) is 39.0. The van der Waals surface area contributed by atoms with Gasteiger partial charge in [0.15, 0.2) is 0 Å². The first-order chi connectivity index (χ1) is 12.9. The second-order valence-corrected chi connectivity index (χ2v) is 7.95. The smallest absolute Gasteiger partial charge is 0.323 e. The Bertz CT molecular complexity index is 723. The van der Waals surface area contributed by atoms with Crippen molar-refractivity contribution in [3.63, 3.8) is 0 Å². The van der Waals surface area contributed by atoms with Gasteiger partial charge in [0.05, 0.1) is 0 Å². The van der Waals surface area contributed by atoms with Gasteiger partial charge in [0.1, 0.15) is 6.54 Å². The zero-order valence-corrected chi connectivity index (χ0v) is 15.9. The third kappa shape index (κ3) is 4.67. The molecule has 6 heteroatoms. The van der Waals surface area contributed by atoms with Gasteiger partial charge in [-0.15, -0.1) is 0 Å². The van der Waals surface area contributed by atoms with Crippen molar-refractivity contribution in [1.29, 1.82) is 0 Å². The number of nitrogens with zero attached hydrogens (tertiary/aromatic N) is 2. The van der Waals surface area contributed by atoms with Crippen molar-refractivity contribution in [2.45, 2.75) is 45.4 Å².